The quantitative estimate of drug-likeness (QED) is 0.591. The number of thiophene rings is 1. The molecule has 2 heterocycles. The second-order valence-electron chi connectivity index (χ2n) is 5.37. The summed E-state index contributed by atoms with van der Waals surface area (Å²) in [6.07, 6.45) is 0. The average molecular weight is 443 g/mol. The molecule has 3 aromatic rings. The number of aryl methyl sites for hydroxylation is 3. The van der Waals surface area contributed by atoms with Crippen molar-refractivity contribution in [3.05, 3.63) is 49.6 Å². The fourth-order valence-electron chi connectivity index (χ4n) is 2.24. The summed E-state index contributed by atoms with van der Waals surface area (Å²) in [7, 11) is -3.65. The molecule has 126 valence electrons. The summed E-state index contributed by atoms with van der Waals surface area (Å²) in [5, 5.41) is 2.91. The third-order valence-corrected chi connectivity index (χ3v) is 7.53. The van der Waals surface area contributed by atoms with Gasteiger partial charge in [0.25, 0.3) is 10.0 Å². The topological polar surface area (TPSA) is 59.1 Å². The lowest BCUT2D eigenvalue weighted by atomic mass is 10.2. The maximum absolute atomic E-state index is 12.8. The largest absolute Gasteiger partial charge is 0.278 e. The van der Waals surface area contributed by atoms with Gasteiger partial charge in [0, 0.05) is 14.7 Å². The third kappa shape index (κ3) is 3.56. The summed E-state index contributed by atoms with van der Waals surface area (Å²) in [6.45, 7) is 5.70. The van der Waals surface area contributed by atoms with Gasteiger partial charge < -0.3 is 0 Å². The van der Waals surface area contributed by atoms with E-state index in [0.29, 0.717) is 15.1 Å². The highest BCUT2D eigenvalue weighted by atomic mass is 79.9. The minimum Gasteiger partial charge on any atom is -0.278 e. The minimum atomic E-state index is -3.65. The summed E-state index contributed by atoms with van der Waals surface area (Å²) in [4.78, 5) is 6.33. The van der Waals surface area contributed by atoms with Gasteiger partial charge in [0.2, 0.25) is 0 Å². The Kier molecular flexibility index (Phi) is 4.83. The van der Waals surface area contributed by atoms with Crippen LogP contribution in [0.2, 0.25) is 0 Å². The lowest BCUT2D eigenvalue weighted by Gasteiger charge is -2.10. The van der Waals surface area contributed by atoms with Crippen LogP contribution in [0.4, 0.5) is 5.69 Å². The molecule has 0 bridgehead atoms. The van der Waals surface area contributed by atoms with Gasteiger partial charge in [0.05, 0.1) is 21.3 Å². The molecule has 0 radical (unpaired) electrons. The summed E-state index contributed by atoms with van der Waals surface area (Å²) in [5.74, 6) is 0. The van der Waals surface area contributed by atoms with E-state index in [-0.39, 0.29) is 0 Å². The molecule has 0 saturated heterocycles. The zero-order chi connectivity index (χ0) is 17.5. The zero-order valence-electron chi connectivity index (χ0n) is 13.3. The van der Waals surface area contributed by atoms with Crippen molar-refractivity contribution in [2.24, 2.45) is 0 Å². The van der Waals surface area contributed by atoms with Crippen LogP contribution in [-0.2, 0) is 10.0 Å². The molecule has 0 unspecified atom stereocenters. The molecule has 0 aliphatic carbocycles. The number of hydrogen-bond acceptors (Lipinski definition) is 5. The Labute approximate surface area is 157 Å². The number of rotatable bonds is 4. The van der Waals surface area contributed by atoms with E-state index in [2.05, 4.69) is 25.6 Å². The molecule has 0 fully saturated rings. The molecule has 0 amide bonds. The highest BCUT2D eigenvalue weighted by Crippen LogP contribution is 2.35. The number of nitrogens with zero attached hydrogens (tertiary/aromatic N) is 1. The zero-order valence-corrected chi connectivity index (χ0v) is 17.3. The van der Waals surface area contributed by atoms with E-state index in [9.17, 15) is 8.42 Å². The molecule has 3 rings (SSSR count). The smallest absolute Gasteiger partial charge is 0.263 e. The monoisotopic (exact) mass is 442 g/mol. The fourth-order valence-corrected chi connectivity index (χ4v) is 6.28. The van der Waals surface area contributed by atoms with Crippen molar-refractivity contribution in [1.29, 1.82) is 0 Å². The van der Waals surface area contributed by atoms with Gasteiger partial charge in [-0.3, -0.25) is 4.72 Å². The van der Waals surface area contributed by atoms with Gasteiger partial charge in [0.1, 0.15) is 4.90 Å². The van der Waals surface area contributed by atoms with E-state index >= 15 is 0 Å². The van der Waals surface area contributed by atoms with E-state index in [4.69, 9.17) is 0 Å². The first kappa shape index (κ1) is 17.6. The van der Waals surface area contributed by atoms with Crippen LogP contribution in [0, 0.1) is 20.8 Å². The van der Waals surface area contributed by atoms with Gasteiger partial charge in [-0.2, -0.15) is 0 Å². The normalized spacial score (nSPS) is 11.7. The Morgan fingerprint density at radius 3 is 2.54 bits per heavy atom. The number of aromatic nitrogens is 1. The fraction of sp³-hybridized carbons (Fsp3) is 0.188. The number of nitrogens with one attached hydrogen (secondary N) is 1. The van der Waals surface area contributed by atoms with Crippen molar-refractivity contribution in [1.82, 2.24) is 4.98 Å². The number of benzene rings is 1. The number of hydrogen-bond donors (Lipinski definition) is 1. The van der Waals surface area contributed by atoms with Gasteiger partial charge in [0.15, 0.2) is 0 Å². The summed E-state index contributed by atoms with van der Waals surface area (Å²) >= 11 is 6.39. The lowest BCUT2D eigenvalue weighted by molar-refractivity contribution is 0.601. The second kappa shape index (κ2) is 6.59. The maximum atomic E-state index is 12.8. The highest BCUT2D eigenvalue weighted by Gasteiger charge is 2.22. The van der Waals surface area contributed by atoms with Gasteiger partial charge in [-0.05, 0) is 60.5 Å². The number of thiazole rings is 1. The SMILES string of the molecule is Cc1ccc(NS(=O)(=O)c2cc(-c3csc(C)n3)sc2C)c(Br)c1. The molecule has 0 spiro atoms. The predicted octanol–water partition coefficient (Wildman–Crippen LogP) is 5.36. The van der Waals surface area contributed by atoms with Crippen LogP contribution in [0.15, 0.2) is 39.0 Å². The highest BCUT2D eigenvalue weighted by molar-refractivity contribution is 9.10. The second-order valence-corrected chi connectivity index (χ2v) is 10.2. The van der Waals surface area contributed by atoms with Crippen molar-refractivity contribution in [3.63, 3.8) is 0 Å². The van der Waals surface area contributed by atoms with Crippen LogP contribution in [-0.4, -0.2) is 13.4 Å². The third-order valence-electron chi connectivity index (χ3n) is 3.40. The Balaban J connectivity index is 1.96. The van der Waals surface area contributed by atoms with Crippen molar-refractivity contribution in [2.75, 3.05) is 4.72 Å². The summed E-state index contributed by atoms with van der Waals surface area (Å²) in [5.41, 5.74) is 2.40. The van der Waals surface area contributed by atoms with E-state index in [1.165, 1.54) is 11.3 Å². The van der Waals surface area contributed by atoms with Gasteiger partial charge in [-0.1, -0.05) is 6.07 Å². The van der Waals surface area contributed by atoms with Crippen LogP contribution in [0.1, 0.15) is 15.4 Å². The Morgan fingerprint density at radius 1 is 1.17 bits per heavy atom. The van der Waals surface area contributed by atoms with Gasteiger partial charge in [-0.15, -0.1) is 22.7 Å². The molecular formula is C16H15BrN2O2S3. The van der Waals surface area contributed by atoms with Gasteiger partial charge in [-0.25, -0.2) is 13.4 Å². The van der Waals surface area contributed by atoms with Gasteiger partial charge >= 0.3 is 0 Å². The Hall–Kier alpha value is -1.22. The molecule has 2 aromatic heterocycles. The van der Waals surface area contributed by atoms with Crippen LogP contribution in [0.3, 0.4) is 0 Å². The molecule has 4 nitrogen and oxygen atoms in total. The number of halogens is 1. The van der Waals surface area contributed by atoms with E-state index in [1.807, 2.05) is 38.3 Å². The molecule has 0 aliphatic heterocycles. The molecular weight excluding hydrogens is 428 g/mol. The van der Waals surface area contributed by atoms with Crippen molar-refractivity contribution >= 4 is 54.3 Å². The summed E-state index contributed by atoms with van der Waals surface area (Å²) < 4.78 is 28.9. The Morgan fingerprint density at radius 2 is 1.92 bits per heavy atom. The maximum Gasteiger partial charge on any atom is 0.263 e. The number of sulfonamides is 1. The van der Waals surface area contributed by atoms with E-state index < -0.39 is 10.0 Å². The van der Waals surface area contributed by atoms with Crippen molar-refractivity contribution in [2.45, 2.75) is 25.7 Å². The number of anilines is 1. The molecule has 0 aliphatic rings. The van der Waals surface area contributed by atoms with Crippen LogP contribution >= 0.6 is 38.6 Å². The molecule has 0 saturated carbocycles. The molecule has 1 aromatic carbocycles. The first-order valence-corrected chi connectivity index (χ1v) is 11.1. The average Bonchev–Trinajstić information content (AvgIpc) is 3.08. The standard InChI is InChI=1S/C16H15BrN2O2S3/c1-9-4-5-13(12(17)6-9)19-24(20,21)16-7-15(23-10(16)2)14-8-22-11(3)18-14/h4-8,19H,1-3H3. The van der Waals surface area contributed by atoms with Crippen LogP contribution < -0.4 is 4.72 Å². The first-order valence-electron chi connectivity index (χ1n) is 7.08. The lowest BCUT2D eigenvalue weighted by Crippen LogP contribution is -2.13. The predicted molar refractivity (Wildman–Crippen MR) is 105 cm³/mol. The molecule has 8 heteroatoms. The van der Waals surface area contributed by atoms with Crippen molar-refractivity contribution < 1.29 is 8.42 Å². The molecule has 0 atom stereocenters. The van der Waals surface area contributed by atoms with E-state index in [1.54, 1.807) is 23.5 Å². The van der Waals surface area contributed by atoms with Crippen molar-refractivity contribution in [3.8, 4) is 10.6 Å². The summed E-state index contributed by atoms with van der Waals surface area (Å²) in [6, 6.07) is 7.19. The molecule has 24 heavy (non-hydrogen) atoms. The van der Waals surface area contributed by atoms with Crippen LogP contribution in [0.5, 0.6) is 0 Å². The molecule has 1 N–H and O–H groups in total. The minimum absolute atomic E-state index is 0.292. The van der Waals surface area contributed by atoms with E-state index in [0.717, 1.165) is 26.0 Å². The first-order chi connectivity index (χ1) is 11.3. The van der Waals surface area contributed by atoms with Crippen LogP contribution in [0.25, 0.3) is 10.6 Å². The Bertz CT molecular complexity index is 1010.